The van der Waals surface area contributed by atoms with Crippen molar-refractivity contribution in [1.82, 2.24) is 10.2 Å². The van der Waals surface area contributed by atoms with E-state index in [1.807, 2.05) is 11.8 Å². The molecule has 0 radical (unpaired) electrons. The Morgan fingerprint density at radius 1 is 1.11 bits per heavy atom. The summed E-state index contributed by atoms with van der Waals surface area (Å²) in [6, 6.07) is 17.4. The number of carbonyl (C=O) groups is 1. The van der Waals surface area contributed by atoms with Crippen molar-refractivity contribution in [1.29, 1.82) is 0 Å². The van der Waals surface area contributed by atoms with Crippen LogP contribution in [0.2, 0.25) is 0 Å². The number of carbonyl (C=O) groups excluding carboxylic acids is 1. The van der Waals surface area contributed by atoms with E-state index in [1.165, 1.54) is 22.3 Å². The summed E-state index contributed by atoms with van der Waals surface area (Å²) < 4.78 is 0. The van der Waals surface area contributed by atoms with Crippen molar-refractivity contribution in [3.8, 4) is 0 Å². The van der Waals surface area contributed by atoms with Crippen LogP contribution in [0.25, 0.3) is 0 Å². The lowest BCUT2D eigenvalue weighted by Gasteiger charge is -2.32. The molecule has 1 N–H and O–H groups in total. The molecule has 0 saturated carbocycles. The summed E-state index contributed by atoms with van der Waals surface area (Å²) >= 11 is 1.88. The average molecular weight is 397 g/mol. The van der Waals surface area contributed by atoms with E-state index in [-0.39, 0.29) is 11.8 Å². The minimum Gasteiger partial charge on any atom is -0.355 e. The first-order valence-corrected chi connectivity index (χ1v) is 11.4. The molecular weight excluding hydrogens is 364 g/mol. The summed E-state index contributed by atoms with van der Waals surface area (Å²) in [5.41, 5.74) is 5.28. The van der Waals surface area contributed by atoms with E-state index in [0.717, 1.165) is 50.5 Å². The van der Waals surface area contributed by atoms with E-state index in [1.54, 1.807) is 0 Å². The molecule has 28 heavy (non-hydrogen) atoms. The van der Waals surface area contributed by atoms with E-state index < -0.39 is 0 Å². The van der Waals surface area contributed by atoms with Gasteiger partial charge in [0.15, 0.2) is 0 Å². The molecule has 0 aromatic heterocycles. The maximum atomic E-state index is 12.6. The lowest BCUT2D eigenvalue weighted by molar-refractivity contribution is -0.126. The van der Waals surface area contributed by atoms with Gasteiger partial charge in [-0.1, -0.05) is 59.7 Å². The molecule has 4 heteroatoms. The van der Waals surface area contributed by atoms with Crippen molar-refractivity contribution in [3.63, 3.8) is 0 Å². The van der Waals surface area contributed by atoms with Crippen LogP contribution in [0.1, 0.15) is 35.1 Å². The summed E-state index contributed by atoms with van der Waals surface area (Å²) in [6.07, 6.45) is 2.11. The Morgan fingerprint density at radius 3 is 2.71 bits per heavy atom. The van der Waals surface area contributed by atoms with Crippen LogP contribution in [0, 0.1) is 19.8 Å². The van der Waals surface area contributed by atoms with Gasteiger partial charge in [-0.15, -0.1) is 0 Å². The highest BCUT2D eigenvalue weighted by Gasteiger charge is 2.25. The van der Waals surface area contributed by atoms with Crippen LogP contribution in [-0.4, -0.2) is 36.2 Å². The highest BCUT2D eigenvalue weighted by atomic mass is 32.2. The van der Waals surface area contributed by atoms with E-state index in [4.69, 9.17) is 0 Å². The van der Waals surface area contributed by atoms with Gasteiger partial charge in [-0.05, 0) is 44.4 Å². The molecule has 1 aliphatic heterocycles. The number of hydrogen-bond acceptors (Lipinski definition) is 3. The number of amides is 1. The van der Waals surface area contributed by atoms with Gasteiger partial charge < -0.3 is 5.32 Å². The number of piperidine rings is 1. The minimum atomic E-state index is 0.126. The lowest BCUT2D eigenvalue weighted by Crippen LogP contribution is -2.43. The molecule has 1 unspecified atom stereocenters. The summed E-state index contributed by atoms with van der Waals surface area (Å²) in [4.78, 5) is 15.0. The highest BCUT2D eigenvalue weighted by Crippen LogP contribution is 2.19. The molecule has 1 fully saturated rings. The van der Waals surface area contributed by atoms with Crippen molar-refractivity contribution in [3.05, 3.63) is 70.8 Å². The zero-order chi connectivity index (χ0) is 19.8. The first kappa shape index (κ1) is 20.9. The average Bonchev–Trinajstić information content (AvgIpc) is 2.69. The summed E-state index contributed by atoms with van der Waals surface area (Å²) in [7, 11) is 0. The Balaban J connectivity index is 1.36. The molecule has 1 amide bonds. The number of hydrogen-bond donors (Lipinski definition) is 1. The maximum Gasteiger partial charge on any atom is 0.224 e. The number of nitrogens with one attached hydrogen (secondary N) is 1. The van der Waals surface area contributed by atoms with Gasteiger partial charge in [-0.3, -0.25) is 9.69 Å². The largest absolute Gasteiger partial charge is 0.355 e. The van der Waals surface area contributed by atoms with E-state index >= 15 is 0 Å². The fraction of sp³-hybridized carbons (Fsp3) is 0.458. The van der Waals surface area contributed by atoms with Crippen LogP contribution in [0.5, 0.6) is 0 Å². The zero-order valence-electron chi connectivity index (χ0n) is 17.1. The molecule has 2 aromatic carbocycles. The summed E-state index contributed by atoms with van der Waals surface area (Å²) in [5.74, 6) is 2.31. The van der Waals surface area contributed by atoms with E-state index in [0.29, 0.717) is 0 Å². The summed E-state index contributed by atoms with van der Waals surface area (Å²) in [5, 5.41) is 3.15. The van der Waals surface area contributed by atoms with Gasteiger partial charge >= 0.3 is 0 Å². The van der Waals surface area contributed by atoms with Crippen molar-refractivity contribution >= 4 is 17.7 Å². The van der Waals surface area contributed by atoms with Crippen LogP contribution < -0.4 is 5.32 Å². The van der Waals surface area contributed by atoms with Crippen LogP contribution in [-0.2, 0) is 17.1 Å². The minimum absolute atomic E-state index is 0.126. The first-order valence-electron chi connectivity index (χ1n) is 10.3. The molecular formula is C24H32N2OS. The number of benzene rings is 2. The molecule has 3 nitrogen and oxygen atoms in total. The molecule has 1 saturated heterocycles. The molecule has 1 aliphatic rings. The van der Waals surface area contributed by atoms with Gasteiger partial charge in [0.2, 0.25) is 5.91 Å². The Morgan fingerprint density at radius 2 is 1.93 bits per heavy atom. The van der Waals surface area contributed by atoms with Crippen molar-refractivity contribution < 1.29 is 4.79 Å². The zero-order valence-corrected chi connectivity index (χ0v) is 17.9. The number of likely N-dealkylation sites (tertiary alicyclic amines) is 1. The van der Waals surface area contributed by atoms with Gasteiger partial charge in [0.1, 0.15) is 0 Å². The maximum absolute atomic E-state index is 12.6. The van der Waals surface area contributed by atoms with E-state index in [9.17, 15) is 4.79 Å². The predicted molar refractivity (Wildman–Crippen MR) is 120 cm³/mol. The predicted octanol–water partition coefficient (Wildman–Crippen LogP) is 4.57. The van der Waals surface area contributed by atoms with Gasteiger partial charge in [0.05, 0.1) is 5.92 Å². The first-order chi connectivity index (χ1) is 13.6. The smallest absolute Gasteiger partial charge is 0.224 e. The fourth-order valence-electron chi connectivity index (χ4n) is 3.75. The van der Waals surface area contributed by atoms with Gasteiger partial charge in [-0.25, -0.2) is 0 Å². The van der Waals surface area contributed by atoms with Gasteiger partial charge in [-0.2, -0.15) is 11.8 Å². The highest BCUT2D eigenvalue weighted by molar-refractivity contribution is 7.98. The molecule has 2 aromatic rings. The lowest BCUT2D eigenvalue weighted by atomic mass is 9.96. The third kappa shape index (κ3) is 6.68. The van der Waals surface area contributed by atoms with Crippen molar-refractivity contribution in [2.24, 2.45) is 5.92 Å². The number of aryl methyl sites for hydroxylation is 2. The number of thioether (sulfide) groups is 1. The Hall–Kier alpha value is -1.78. The molecule has 0 bridgehead atoms. The molecule has 0 spiro atoms. The van der Waals surface area contributed by atoms with Crippen molar-refractivity contribution in [2.75, 3.05) is 25.4 Å². The fourth-order valence-corrected chi connectivity index (χ4v) is 4.57. The normalized spacial score (nSPS) is 17.4. The SMILES string of the molecule is Cc1ccc(CSCCNC(=O)C2CCCN(Cc3cccc(C)c3)C2)cc1. The number of rotatable bonds is 8. The third-order valence-electron chi connectivity index (χ3n) is 5.30. The Labute approximate surface area is 173 Å². The number of nitrogens with zero attached hydrogens (tertiary/aromatic N) is 1. The van der Waals surface area contributed by atoms with Gasteiger partial charge in [0.25, 0.3) is 0 Å². The van der Waals surface area contributed by atoms with Crippen LogP contribution in [0.15, 0.2) is 48.5 Å². The van der Waals surface area contributed by atoms with Crippen LogP contribution in [0.4, 0.5) is 0 Å². The van der Waals surface area contributed by atoms with E-state index in [2.05, 4.69) is 72.6 Å². The third-order valence-corrected chi connectivity index (χ3v) is 6.33. The second-order valence-electron chi connectivity index (χ2n) is 7.89. The molecule has 1 atom stereocenters. The van der Waals surface area contributed by atoms with Crippen LogP contribution >= 0.6 is 11.8 Å². The topological polar surface area (TPSA) is 32.3 Å². The van der Waals surface area contributed by atoms with Crippen LogP contribution in [0.3, 0.4) is 0 Å². The molecule has 3 rings (SSSR count). The summed E-state index contributed by atoms with van der Waals surface area (Å²) in [6.45, 7) is 7.90. The Bertz CT molecular complexity index is 759. The molecule has 1 heterocycles. The quantitative estimate of drug-likeness (QED) is 0.664. The second-order valence-corrected chi connectivity index (χ2v) is 9.00. The van der Waals surface area contributed by atoms with Gasteiger partial charge in [0, 0.05) is 31.1 Å². The Kier molecular flexibility index (Phi) is 7.99. The monoisotopic (exact) mass is 396 g/mol. The molecule has 0 aliphatic carbocycles. The second kappa shape index (κ2) is 10.7. The standard InChI is InChI=1S/C24H32N2OS/c1-19-8-10-21(11-9-19)18-28-14-12-25-24(27)23-7-4-13-26(17-23)16-22-6-3-5-20(2)15-22/h3,5-6,8-11,15,23H,4,7,12-14,16-18H2,1-2H3,(H,25,27). The molecule has 150 valence electrons. The van der Waals surface area contributed by atoms with Crippen molar-refractivity contribution in [2.45, 2.75) is 39.0 Å².